The molecule has 2 N–H and O–H groups in total. The number of anilines is 1. The first kappa shape index (κ1) is 19.4. The van der Waals surface area contributed by atoms with Crippen molar-refractivity contribution in [3.05, 3.63) is 64.2 Å². The van der Waals surface area contributed by atoms with E-state index in [2.05, 4.69) is 21.4 Å². The molecule has 1 amide bonds. The Balaban J connectivity index is 1.59. The lowest BCUT2D eigenvalue weighted by atomic mass is 9.99. The zero-order valence-electron chi connectivity index (χ0n) is 15.3. The van der Waals surface area contributed by atoms with Gasteiger partial charge in [-0.15, -0.1) is 0 Å². The van der Waals surface area contributed by atoms with Crippen LogP contribution in [0.5, 0.6) is 0 Å². The van der Waals surface area contributed by atoms with Crippen molar-refractivity contribution in [3.63, 3.8) is 0 Å². The number of benzene rings is 2. The molecule has 1 aliphatic carbocycles. The molecular weight excluding hydrogens is 364 g/mol. The van der Waals surface area contributed by atoms with Crippen molar-refractivity contribution in [2.75, 3.05) is 19.0 Å². The van der Waals surface area contributed by atoms with Gasteiger partial charge in [-0.05, 0) is 60.7 Å². The number of amides is 1. The summed E-state index contributed by atoms with van der Waals surface area (Å²) in [6.07, 6.45) is 4.16. The lowest BCUT2D eigenvalue weighted by Gasteiger charge is -2.20. The minimum absolute atomic E-state index is 0.119. The maximum Gasteiger partial charge on any atom is 0.337 e. The summed E-state index contributed by atoms with van der Waals surface area (Å²) in [6.45, 7) is 0.204. The van der Waals surface area contributed by atoms with Gasteiger partial charge in [-0.2, -0.15) is 0 Å². The van der Waals surface area contributed by atoms with Crippen LogP contribution < -0.4 is 10.6 Å². The number of methoxy groups -OCH3 is 1. The lowest BCUT2D eigenvalue weighted by molar-refractivity contribution is -0.115. The summed E-state index contributed by atoms with van der Waals surface area (Å²) in [5.41, 5.74) is 3.46. The third kappa shape index (κ3) is 4.87. The van der Waals surface area contributed by atoms with Gasteiger partial charge in [-0.1, -0.05) is 30.2 Å². The van der Waals surface area contributed by atoms with Crippen LogP contribution in [0.1, 0.15) is 46.8 Å². The number of hydrogen-bond donors (Lipinski definition) is 2. The molecule has 0 saturated heterocycles. The van der Waals surface area contributed by atoms with Crippen LogP contribution in [0.2, 0.25) is 5.02 Å². The number of rotatable bonds is 5. The second kappa shape index (κ2) is 9.02. The largest absolute Gasteiger partial charge is 0.465 e. The van der Waals surface area contributed by atoms with E-state index in [1.54, 1.807) is 24.3 Å². The highest BCUT2D eigenvalue weighted by Gasteiger charge is 2.20. The third-order valence-electron chi connectivity index (χ3n) is 4.80. The standard InChI is InChI=1S/C21H23ClN2O3/c1-27-21(26)14-9-11-15(12-10-14)24-20(25)13-23-19-8-3-2-5-16-17(19)6-4-7-18(16)22/h4,6-7,9-12,19,23H,2-3,5,8,13H2,1H3,(H,24,25)/t19-/m1/s1. The minimum Gasteiger partial charge on any atom is -0.465 e. The second-order valence-corrected chi connectivity index (χ2v) is 7.01. The first-order valence-electron chi connectivity index (χ1n) is 9.07. The molecule has 0 bridgehead atoms. The van der Waals surface area contributed by atoms with Crippen molar-refractivity contribution in [2.45, 2.75) is 31.7 Å². The molecule has 6 heteroatoms. The van der Waals surface area contributed by atoms with Crippen LogP contribution in [-0.2, 0) is 16.0 Å². The van der Waals surface area contributed by atoms with Gasteiger partial charge in [0.2, 0.25) is 5.91 Å². The van der Waals surface area contributed by atoms with Gasteiger partial charge in [0.1, 0.15) is 0 Å². The smallest absolute Gasteiger partial charge is 0.337 e. The number of carbonyl (C=O) groups excluding carboxylic acids is 2. The van der Waals surface area contributed by atoms with Gasteiger partial charge in [0.25, 0.3) is 0 Å². The lowest BCUT2D eigenvalue weighted by Crippen LogP contribution is -2.31. The number of fused-ring (bicyclic) bond motifs is 1. The first-order valence-corrected chi connectivity index (χ1v) is 9.45. The van der Waals surface area contributed by atoms with Gasteiger partial charge < -0.3 is 15.4 Å². The van der Waals surface area contributed by atoms with Crippen molar-refractivity contribution in [1.82, 2.24) is 5.32 Å². The van der Waals surface area contributed by atoms with E-state index < -0.39 is 5.97 Å². The Labute approximate surface area is 164 Å². The molecule has 0 unspecified atom stereocenters. The van der Waals surface area contributed by atoms with Crippen LogP contribution in [-0.4, -0.2) is 25.5 Å². The maximum absolute atomic E-state index is 12.3. The molecule has 0 aliphatic heterocycles. The fourth-order valence-corrected chi connectivity index (χ4v) is 3.69. The van der Waals surface area contributed by atoms with Crippen LogP contribution in [0.25, 0.3) is 0 Å². The molecule has 1 atom stereocenters. The van der Waals surface area contributed by atoms with E-state index in [9.17, 15) is 9.59 Å². The molecule has 1 aliphatic rings. The Morgan fingerprint density at radius 3 is 2.67 bits per heavy atom. The predicted octanol–water partition coefficient (Wildman–Crippen LogP) is 4.12. The van der Waals surface area contributed by atoms with E-state index in [4.69, 9.17) is 11.6 Å². The summed E-state index contributed by atoms with van der Waals surface area (Å²) < 4.78 is 4.66. The summed E-state index contributed by atoms with van der Waals surface area (Å²) in [4.78, 5) is 23.8. The quantitative estimate of drug-likeness (QED) is 0.599. The zero-order valence-corrected chi connectivity index (χ0v) is 16.0. The monoisotopic (exact) mass is 386 g/mol. The van der Waals surface area contributed by atoms with E-state index in [1.165, 1.54) is 18.2 Å². The molecule has 5 nitrogen and oxygen atoms in total. The Bertz CT molecular complexity index is 821. The molecule has 3 rings (SSSR count). The third-order valence-corrected chi connectivity index (χ3v) is 5.15. The summed E-state index contributed by atoms with van der Waals surface area (Å²) in [7, 11) is 1.34. The number of carbonyl (C=O) groups is 2. The topological polar surface area (TPSA) is 67.4 Å². The van der Waals surface area contributed by atoms with Gasteiger partial charge >= 0.3 is 5.97 Å². The number of nitrogens with one attached hydrogen (secondary N) is 2. The van der Waals surface area contributed by atoms with Crippen molar-refractivity contribution in [3.8, 4) is 0 Å². The minimum atomic E-state index is -0.403. The zero-order chi connectivity index (χ0) is 19.2. The maximum atomic E-state index is 12.3. The highest BCUT2D eigenvalue weighted by Crippen LogP contribution is 2.32. The molecular formula is C21H23ClN2O3. The molecule has 2 aromatic carbocycles. The highest BCUT2D eigenvalue weighted by atomic mass is 35.5. The van der Waals surface area contributed by atoms with Gasteiger partial charge in [0.05, 0.1) is 19.2 Å². The normalized spacial score (nSPS) is 16.1. The summed E-state index contributed by atoms with van der Waals surface area (Å²) in [5, 5.41) is 7.00. The second-order valence-electron chi connectivity index (χ2n) is 6.60. The molecule has 142 valence electrons. The van der Waals surface area contributed by atoms with Gasteiger partial charge in [-0.25, -0.2) is 4.79 Å². The predicted molar refractivity (Wildman–Crippen MR) is 106 cm³/mol. The average Bonchev–Trinajstić information content (AvgIpc) is 2.89. The summed E-state index contributed by atoms with van der Waals surface area (Å²) >= 11 is 6.36. The molecule has 0 fully saturated rings. The van der Waals surface area contributed by atoms with Crippen molar-refractivity contribution in [2.24, 2.45) is 0 Å². The Hall–Kier alpha value is -2.37. The number of ether oxygens (including phenoxy) is 1. The molecule has 0 heterocycles. The Kier molecular flexibility index (Phi) is 6.48. The van der Waals surface area contributed by atoms with Crippen LogP contribution in [0, 0.1) is 0 Å². The molecule has 27 heavy (non-hydrogen) atoms. The summed E-state index contributed by atoms with van der Waals surface area (Å²) in [6, 6.07) is 12.7. The molecule has 0 spiro atoms. The number of hydrogen-bond acceptors (Lipinski definition) is 4. The molecule has 0 radical (unpaired) electrons. The van der Waals surface area contributed by atoms with Crippen LogP contribution in [0.15, 0.2) is 42.5 Å². The van der Waals surface area contributed by atoms with Crippen LogP contribution in [0.4, 0.5) is 5.69 Å². The van der Waals surface area contributed by atoms with E-state index >= 15 is 0 Å². The van der Waals surface area contributed by atoms with Crippen molar-refractivity contribution >= 4 is 29.2 Å². The fraction of sp³-hybridized carbons (Fsp3) is 0.333. The van der Waals surface area contributed by atoms with Gasteiger partial charge in [0, 0.05) is 16.8 Å². The average molecular weight is 387 g/mol. The van der Waals surface area contributed by atoms with Crippen LogP contribution in [0.3, 0.4) is 0 Å². The first-order chi connectivity index (χ1) is 13.1. The Morgan fingerprint density at radius 2 is 1.93 bits per heavy atom. The Morgan fingerprint density at radius 1 is 1.15 bits per heavy atom. The molecule has 0 aromatic heterocycles. The molecule has 2 aromatic rings. The van der Waals surface area contributed by atoms with Crippen molar-refractivity contribution in [1.29, 1.82) is 0 Å². The van der Waals surface area contributed by atoms with E-state index in [-0.39, 0.29) is 18.5 Å². The number of halogens is 1. The van der Waals surface area contributed by atoms with Crippen LogP contribution >= 0.6 is 11.6 Å². The molecule has 0 saturated carbocycles. The van der Waals surface area contributed by atoms with E-state index in [0.717, 1.165) is 30.7 Å². The summed E-state index contributed by atoms with van der Waals surface area (Å²) in [5.74, 6) is -0.533. The van der Waals surface area contributed by atoms with Crippen molar-refractivity contribution < 1.29 is 14.3 Å². The van der Waals surface area contributed by atoms with Gasteiger partial charge in [0.15, 0.2) is 0 Å². The SMILES string of the molecule is COC(=O)c1ccc(NC(=O)CN[C@@H]2CCCCc3c(Cl)cccc32)cc1. The van der Waals surface area contributed by atoms with E-state index in [0.29, 0.717) is 11.3 Å². The highest BCUT2D eigenvalue weighted by molar-refractivity contribution is 6.31. The van der Waals surface area contributed by atoms with E-state index in [1.807, 2.05) is 12.1 Å². The van der Waals surface area contributed by atoms with Gasteiger partial charge in [-0.3, -0.25) is 4.79 Å². The fourth-order valence-electron chi connectivity index (χ4n) is 3.41. The number of esters is 1.